The topological polar surface area (TPSA) is 25.8 Å². The minimum absolute atomic E-state index is 0.0131. The highest BCUT2D eigenvalue weighted by molar-refractivity contribution is 5.79. The van der Waals surface area contributed by atoms with Gasteiger partial charge in [0.05, 0.1) is 16.8 Å². The van der Waals surface area contributed by atoms with Crippen molar-refractivity contribution < 1.29 is 0 Å². The quantitative estimate of drug-likeness (QED) is 0.183. The average molecular weight is 665 g/mol. The molecule has 52 heavy (non-hydrogen) atoms. The van der Waals surface area contributed by atoms with Crippen LogP contribution in [0, 0.1) is 0 Å². The summed E-state index contributed by atoms with van der Waals surface area (Å²) in [6.07, 6.45) is 3.78. The molecule has 10 rings (SSSR count). The zero-order valence-corrected chi connectivity index (χ0v) is 28.9. The first-order valence-electron chi connectivity index (χ1n) is 18.1. The Hall–Kier alpha value is -6.38. The maximum absolute atomic E-state index is 4.83. The molecule has 2 atom stereocenters. The molecule has 0 bridgehead atoms. The molecule has 2 aliphatic rings. The summed E-state index contributed by atoms with van der Waals surface area (Å²) < 4.78 is 0. The van der Waals surface area contributed by atoms with Crippen LogP contribution in [0.25, 0.3) is 22.5 Å². The van der Waals surface area contributed by atoms with E-state index in [-0.39, 0.29) is 5.92 Å². The fourth-order valence-corrected chi connectivity index (χ4v) is 9.44. The molecular formula is C50H36N2. The first-order chi connectivity index (χ1) is 25.7. The van der Waals surface area contributed by atoms with Crippen molar-refractivity contribution in [3.05, 3.63) is 250 Å². The van der Waals surface area contributed by atoms with Crippen molar-refractivity contribution in [2.24, 2.45) is 0 Å². The first-order valence-corrected chi connectivity index (χ1v) is 18.1. The summed E-state index contributed by atoms with van der Waals surface area (Å²) in [5.74, 6) is -0.0131. The molecule has 2 heterocycles. The second-order valence-corrected chi connectivity index (χ2v) is 14.2. The van der Waals surface area contributed by atoms with Crippen LogP contribution in [0.3, 0.4) is 0 Å². The van der Waals surface area contributed by atoms with Crippen LogP contribution in [0.4, 0.5) is 0 Å². The Morgan fingerprint density at radius 3 is 1.42 bits per heavy atom. The van der Waals surface area contributed by atoms with E-state index in [1.54, 1.807) is 0 Å². The van der Waals surface area contributed by atoms with Crippen molar-refractivity contribution in [2.75, 3.05) is 0 Å². The number of rotatable bonds is 5. The number of fused-ring (bicyclic) bond motifs is 4. The number of benzene rings is 6. The first kappa shape index (κ1) is 30.4. The van der Waals surface area contributed by atoms with E-state index >= 15 is 0 Å². The van der Waals surface area contributed by atoms with Gasteiger partial charge in [-0.1, -0.05) is 146 Å². The Kier molecular flexibility index (Phi) is 6.94. The Morgan fingerprint density at radius 1 is 0.404 bits per heavy atom. The molecule has 0 fully saturated rings. The lowest BCUT2D eigenvalue weighted by atomic mass is 9.51. The second kappa shape index (κ2) is 11.9. The summed E-state index contributed by atoms with van der Waals surface area (Å²) in [6.45, 7) is 2.43. The Morgan fingerprint density at radius 2 is 0.885 bits per heavy atom. The standard InChI is InChI=1S/C50H36N2/c1-49(36-16-5-2-6-17-36)41-28-26-34(45-24-11-13-30-51-45)32-39(41)47-40-33-35(46-25-12-14-31-52-46)27-29-42(40)50(37-18-7-3-8-19-37,38-20-9-4-10-21-38)44-23-15-22-43(49)48(44)47/h2-33,47H,1H3. The van der Waals surface area contributed by atoms with E-state index in [1.165, 1.54) is 55.6 Å². The Bertz CT molecular complexity index is 2520. The van der Waals surface area contributed by atoms with Crippen molar-refractivity contribution in [2.45, 2.75) is 23.7 Å². The highest BCUT2D eigenvalue weighted by atomic mass is 14.7. The molecule has 0 amide bonds. The van der Waals surface area contributed by atoms with E-state index in [4.69, 9.17) is 9.97 Å². The van der Waals surface area contributed by atoms with E-state index in [1.807, 2.05) is 24.5 Å². The molecule has 2 heteroatoms. The third-order valence-corrected chi connectivity index (χ3v) is 11.7. The van der Waals surface area contributed by atoms with E-state index in [2.05, 4.69) is 177 Å². The van der Waals surface area contributed by atoms with Gasteiger partial charge in [0.25, 0.3) is 0 Å². The van der Waals surface area contributed by atoms with Crippen molar-refractivity contribution >= 4 is 0 Å². The fraction of sp³-hybridized carbons (Fsp3) is 0.0800. The summed E-state index contributed by atoms with van der Waals surface area (Å²) in [4.78, 5) is 9.64. The molecule has 2 nitrogen and oxygen atoms in total. The van der Waals surface area contributed by atoms with Gasteiger partial charge in [-0.3, -0.25) is 9.97 Å². The lowest BCUT2D eigenvalue weighted by Gasteiger charge is -2.51. The zero-order chi connectivity index (χ0) is 34.7. The number of hydrogen-bond donors (Lipinski definition) is 0. The summed E-state index contributed by atoms with van der Waals surface area (Å²) in [6, 6.07) is 67.0. The van der Waals surface area contributed by atoms with Crippen LogP contribution in [0.15, 0.2) is 194 Å². The van der Waals surface area contributed by atoms with Crippen LogP contribution in [-0.2, 0) is 10.8 Å². The SMILES string of the molecule is CC1(c2ccccc2)c2ccc(-c3ccccn3)cc2C2c3cc(-c4ccccn4)ccc3C(c3ccccc3)(c3ccccc3)c3cccc1c32. The number of aromatic nitrogens is 2. The molecule has 0 saturated heterocycles. The van der Waals surface area contributed by atoms with E-state index in [0.717, 1.165) is 22.5 Å². The summed E-state index contributed by atoms with van der Waals surface area (Å²) in [7, 11) is 0. The van der Waals surface area contributed by atoms with Crippen molar-refractivity contribution in [3.63, 3.8) is 0 Å². The van der Waals surface area contributed by atoms with Gasteiger partial charge in [-0.15, -0.1) is 0 Å². The predicted octanol–water partition coefficient (Wildman–Crippen LogP) is 11.4. The van der Waals surface area contributed by atoms with E-state index in [0.29, 0.717) is 0 Å². The van der Waals surface area contributed by atoms with Gasteiger partial charge in [-0.25, -0.2) is 0 Å². The third kappa shape index (κ3) is 4.31. The smallest absolute Gasteiger partial charge is 0.0707 e. The molecule has 8 aromatic rings. The molecule has 246 valence electrons. The van der Waals surface area contributed by atoms with Crippen LogP contribution >= 0.6 is 0 Å². The minimum Gasteiger partial charge on any atom is -0.256 e. The van der Waals surface area contributed by atoms with Crippen LogP contribution in [-0.4, -0.2) is 9.97 Å². The molecule has 6 aromatic carbocycles. The van der Waals surface area contributed by atoms with Gasteiger partial charge < -0.3 is 0 Å². The van der Waals surface area contributed by atoms with Crippen LogP contribution in [0.5, 0.6) is 0 Å². The fourth-order valence-electron chi connectivity index (χ4n) is 9.44. The predicted molar refractivity (Wildman–Crippen MR) is 211 cm³/mol. The maximum Gasteiger partial charge on any atom is 0.0707 e. The van der Waals surface area contributed by atoms with Gasteiger partial charge in [-0.2, -0.15) is 0 Å². The van der Waals surface area contributed by atoms with Crippen LogP contribution in [0.2, 0.25) is 0 Å². The second-order valence-electron chi connectivity index (χ2n) is 14.2. The lowest BCUT2D eigenvalue weighted by Crippen LogP contribution is -2.42. The molecule has 0 radical (unpaired) electrons. The highest BCUT2D eigenvalue weighted by Gasteiger charge is 2.52. The number of hydrogen-bond acceptors (Lipinski definition) is 2. The lowest BCUT2D eigenvalue weighted by molar-refractivity contribution is 0.601. The van der Waals surface area contributed by atoms with Crippen molar-refractivity contribution in [3.8, 4) is 22.5 Å². The molecule has 2 unspecified atom stereocenters. The van der Waals surface area contributed by atoms with Gasteiger partial charge in [0.15, 0.2) is 0 Å². The normalized spacial score (nSPS) is 17.8. The van der Waals surface area contributed by atoms with Gasteiger partial charge in [-0.05, 0) is 99.0 Å². The van der Waals surface area contributed by atoms with Gasteiger partial charge in [0, 0.05) is 34.9 Å². The zero-order valence-electron chi connectivity index (χ0n) is 28.9. The Balaban J connectivity index is 1.39. The number of nitrogens with zero attached hydrogens (tertiary/aromatic N) is 2. The molecule has 0 N–H and O–H groups in total. The minimum atomic E-state index is -0.559. The van der Waals surface area contributed by atoms with E-state index in [9.17, 15) is 0 Å². The van der Waals surface area contributed by atoms with Crippen LogP contribution in [0.1, 0.15) is 68.5 Å². The molecule has 0 aliphatic heterocycles. The van der Waals surface area contributed by atoms with Gasteiger partial charge >= 0.3 is 0 Å². The van der Waals surface area contributed by atoms with Crippen molar-refractivity contribution in [1.29, 1.82) is 0 Å². The monoisotopic (exact) mass is 664 g/mol. The number of pyridine rings is 2. The largest absolute Gasteiger partial charge is 0.256 e. The third-order valence-electron chi connectivity index (χ3n) is 11.7. The molecule has 2 aliphatic carbocycles. The molecule has 0 spiro atoms. The molecular weight excluding hydrogens is 629 g/mol. The van der Waals surface area contributed by atoms with E-state index < -0.39 is 10.8 Å². The van der Waals surface area contributed by atoms with Crippen molar-refractivity contribution in [1.82, 2.24) is 9.97 Å². The Labute approximate surface area is 305 Å². The van der Waals surface area contributed by atoms with Gasteiger partial charge in [0.1, 0.15) is 0 Å². The summed E-state index contributed by atoms with van der Waals surface area (Å²) in [5.41, 5.74) is 16.4. The molecule has 0 saturated carbocycles. The highest BCUT2D eigenvalue weighted by Crippen LogP contribution is 2.62. The average Bonchev–Trinajstić information content (AvgIpc) is 3.23. The maximum atomic E-state index is 4.83. The summed E-state index contributed by atoms with van der Waals surface area (Å²) in [5, 5.41) is 0. The molecule has 2 aromatic heterocycles. The summed E-state index contributed by atoms with van der Waals surface area (Å²) >= 11 is 0. The van der Waals surface area contributed by atoms with Gasteiger partial charge in [0.2, 0.25) is 0 Å². The van der Waals surface area contributed by atoms with Crippen LogP contribution < -0.4 is 0 Å².